The molecule has 0 bridgehead atoms. The number of ether oxygens (including phenoxy) is 4. The first-order valence-electron chi connectivity index (χ1n) is 20.9. The van der Waals surface area contributed by atoms with E-state index in [4.69, 9.17) is 62.1 Å². The van der Waals surface area contributed by atoms with Crippen molar-refractivity contribution in [1.29, 1.82) is 0 Å². The van der Waals surface area contributed by atoms with E-state index >= 15 is 0 Å². The van der Waals surface area contributed by atoms with Gasteiger partial charge in [0.05, 0.1) is 22.8 Å². The summed E-state index contributed by atoms with van der Waals surface area (Å²) in [5.41, 5.74) is 1.66. The number of hydrogen-bond donors (Lipinski definition) is 0. The number of aliphatic imine (C=N–C) groups is 4. The Morgan fingerprint density at radius 1 is 0.368 bits per heavy atom. The number of benzene rings is 6. The van der Waals surface area contributed by atoms with Crippen molar-refractivity contribution in [2.75, 3.05) is 26.4 Å². The Balaban J connectivity index is 1.43. The van der Waals surface area contributed by atoms with Gasteiger partial charge in [-0.25, -0.2) is 39.1 Å². The second-order valence-corrected chi connectivity index (χ2v) is 15.6. The Hall–Kier alpha value is -8.42. The van der Waals surface area contributed by atoms with E-state index in [1.165, 1.54) is 24.3 Å². The van der Waals surface area contributed by atoms with Crippen LogP contribution in [0.25, 0.3) is 0 Å². The number of rotatable bonds is 19. The summed E-state index contributed by atoms with van der Waals surface area (Å²) in [6, 6.07) is 43.3. The van der Waals surface area contributed by atoms with E-state index in [0.29, 0.717) is 89.3 Å². The van der Waals surface area contributed by atoms with Gasteiger partial charge in [-0.2, -0.15) is 0 Å². The first-order chi connectivity index (χ1) is 33.3. The molecule has 0 unspecified atom stereocenters. The van der Waals surface area contributed by atoms with E-state index in [1.807, 2.05) is 84.9 Å². The van der Waals surface area contributed by atoms with Gasteiger partial charge in [0.1, 0.15) is 73.2 Å². The second-order valence-electron chi connectivity index (χ2n) is 14.8. The lowest BCUT2D eigenvalue weighted by Gasteiger charge is -2.39. The average molecular weight is 940 g/mol. The maximum atomic E-state index is 10.9. The Bertz CT molecular complexity index is 2780. The fourth-order valence-electron chi connectivity index (χ4n) is 7.65. The predicted molar refractivity (Wildman–Crippen MR) is 261 cm³/mol. The zero-order valence-electron chi connectivity index (χ0n) is 35.8. The van der Waals surface area contributed by atoms with Gasteiger partial charge in [0.2, 0.25) is 11.3 Å². The largest absolute Gasteiger partial charge is 0.489 e. The second kappa shape index (κ2) is 21.3. The Morgan fingerprint density at radius 3 is 0.824 bits per heavy atom. The lowest BCUT2D eigenvalue weighted by molar-refractivity contribution is 0.257. The molecule has 0 amide bonds. The number of hydrogen-bond acceptors (Lipinski definition) is 12. The van der Waals surface area contributed by atoms with E-state index in [0.717, 1.165) is 0 Å². The molecule has 12 nitrogen and oxygen atoms in total. The lowest BCUT2D eigenvalue weighted by atomic mass is 9.82. The Labute approximate surface area is 400 Å². The first-order valence-corrected chi connectivity index (χ1v) is 21.7. The summed E-state index contributed by atoms with van der Waals surface area (Å²) in [5.74, 6) is 8.89. The number of halogens is 2. The van der Waals surface area contributed by atoms with Crippen LogP contribution in [-0.4, -0.2) is 73.0 Å². The molecule has 0 saturated heterocycles. The summed E-state index contributed by atoms with van der Waals surface area (Å²) in [6.07, 6.45) is 4.96. The standard InChI is InChI=1S/C54H36Cl2N4O8/c55-47-11-3-1-9-45(47)53(57-49(37-13-21-41(22-14-37)65-33-5-29-61)50(58-53)38-15-23-42(24-16-38)66-34-6-30-62)54(46-10-2-4-12-48(46)56)59-51(39-17-25-43(26-18-39)67-35-7-31-63)52(60-54)40-19-27-44(28-20-40)68-36-8-32-64/h1-28H,33-36H2. The highest BCUT2D eigenvalue weighted by Gasteiger charge is 2.61. The molecule has 0 spiro atoms. The minimum absolute atomic E-state index is 0.0325. The van der Waals surface area contributed by atoms with Crippen LogP contribution >= 0.6 is 23.2 Å². The first kappa shape index (κ1) is 46.1. The van der Waals surface area contributed by atoms with Crippen molar-refractivity contribution in [1.82, 2.24) is 0 Å². The van der Waals surface area contributed by atoms with Crippen LogP contribution in [-0.2, 0) is 30.5 Å². The maximum absolute atomic E-state index is 10.9. The van der Waals surface area contributed by atoms with Crippen LogP contribution in [0.2, 0.25) is 10.0 Å². The summed E-state index contributed by atoms with van der Waals surface area (Å²) in [4.78, 5) is 66.2. The minimum atomic E-state index is -1.82. The molecule has 2 aliphatic rings. The number of nitrogens with zero attached hydrogens (tertiary/aromatic N) is 4. The molecule has 6 aromatic rings. The van der Waals surface area contributed by atoms with E-state index in [-0.39, 0.29) is 26.4 Å². The Kier molecular flexibility index (Phi) is 14.4. The van der Waals surface area contributed by atoms with Crippen molar-refractivity contribution < 1.29 is 38.1 Å². The van der Waals surface area contributed by atoms with Crippen LogP contribution in [0.5, 0.6) is 23.0 Å². The molecule has 0 saturated carbocycles. The van der Waals surface area contributed by atoms with Gasteiger partial charge in [-0.3, -0.25) is 0 Å². The van der Waals surface area contributed by atoms with Crippen molar-refractivity contribution in [2.45, 2.75) is 11.3 Å². The zero-order valence-corrected chi connectivity index (χ0v) is 37.3. The molecule has 0 N–H and O–H groups in total. The third-order valence-corrected chi connectivity index (χ3v) is 11.4. The molecule has 0 radical (unpaired) electrons. The predicted octanol–water partition coefficient (Wildman–Crippen LogP) is 9.05. The summed E-state index contributed by atoms with van der Waals surface area (Å²) in [7, 11) is 0. The fraction of sp³-hybridized carbons (Fsp3) is 0.111. The van der Waals surface area contributed by atoms with Gasteiger partial charge in [0.25, 0.3) is 0 Å². The van der Waals surface area contributed by atoms with Crippen molar-refractivity contribution in [3.05, 3.63) is 213 Å². The minimum Gasteiger partial charge on any atom is -0.489 e. The molecule has 68 heavy (non-hydrogen) atoms. The third-order valence-electron chi connectivity index (χ3n) is 10.7. The summed E-state index contributed by atoms with van der Waals surface area (Å²) in [6.45, 7) is 0.130. The highest BCUT2D eigenvalue weighted by molar-refractivity contribution is 6.56. The molecule has 0 aromatic heterocycles. The molecule has 8 rings (SSSR count). The SMILES string of the molecule is O=C=CCOc1ccc(C2=NC(c3ccccc3Cl)(C3(c4ccccc4Cl)N=C(c4ccc(OCC=C=O)cc4)C(c4ccc(OCC=C=O)cc4)=N3)N=C2c2ccc(OCC=C=O)cc2)cc1. The van der Waals surface area contributed by atoms with Crippen LogP contribution < -0.4 is 18.9 Å². The van der Waals surface area contributed by atoms with Gasteiger partial charge in [-0.15, -0.1) is 0 Å². The molecule has 0 aliphatic carbocycles. The van der Waals surface area contributed by atoms with Crippen molar-refractivity contribution >= 4 is 69.8 Å². The highest BCUT2D eigenvalue weighted by Crippen LogP contribution is 2.57. The van der Waals surface area contributed by atoms with Gasteiger partial charge in [0, 0.05) is 67.7 Å². The molecule has 14 heteroatoms. The van der Waals surface area contributed by atoms with E-state index in [2.05, 4.69) is 0 Å². The lowest BCUT2D eigenvalue weighted by Crippen LogP contribution is -2.43. The zero-order chi connectivity index (χ0) is 47.4. The van der Waals surface area contributed by atoms with Crippen LogP contribution in [0.15, 0.2) is 190 Å². The van der Waals surface area contributed by atoms with Crippen molar-refractivity contribution in [2.24, 2.45) is 20.0 Å². The smallest absolute Gasteiger partial charge is 0.227 e. The quantitative estimate of drug-likeness (QED) is 0.0729. The van der Waals surface area contributed by atoms with E-state index < -0.39 is 11.3 Å². The molecule has 6 aromatic carbocycles. The molecule has 0 fully saturated rings. The molecule has 0 atom stereocenters. The molecular weight excluding hydrogens is 904 g/mol. The van der Waals surface area contributed by atoms with Gasteiger partial charge in [-0.1, -0.05) is 59.6 Å². The summed E-state index contributed by atoms with van der Waals surface area (Å²) >= 11 is 14.6. The molecule has 2 aliphatic heterocycles. The topological polar surface area (TPSA) is 155 Å². The molecular formula is C54H36Cl2N4O8. The van der Waals surface area contributed by atoms with Gasteiger partial charge < -0.3 is 18.9 Å². The monoisotopic (exact) mass is 938 g/mol. The van der Waals surface area contributed by atoms with Gasteiger partial charge in [-0.05, 0) is 109 Å². The van der Waals surface area contributed by atoms with Gasteiger partial charge >= 0.3 is 0 Å². The fourth-order valence-corrected chi connectivity index (χ4v) is 8.19. The van der Waals surface area contributed by atoms with Crippen LogP contribution in [0.3, 0.4) is 0 Å². The third kappa shape index (κ3) is 9.60. The molecule has 334 valence electrons. The van der Waals surface area contributed by atoms with Crippen LogP contribution in [0, 0.1) is 0 Å². The van der Waals surface area contributed by atoms with Crippen molar-refractivity contribution in [3.8, 4) is 23.0 Å². The van der Waals surface area contributed by atoms with Gasteiger partial charge in [0.15, 0.2) is 0 Å². The normalized spacial score (nSPS) is 16.8. The maximum Gasteiger partial charge on any atom is 0.227 e. The highest BCUT2D eigenvalue weighted by atomic mass is 35.5. The Morgan fingerprint density at radius 2 is 0.603 bits per heavy atom. The van der Waals surface area contributed by atoms with Crippen molar-refractivity contribution in [3.63, 3.8) is 0 Å². The van der Waals surface area contributed by atoms with E-state index in [9.17, 15) is 19.2 Å². The summed E-state index contributed by atoms with van der Waals surface area (Å²) < 4.78 is 23.0. The number of carbonyl (C=O) groups excluding carboxylic acids is 4. The van der Waals surface area contributed by atoms with Crippen LogP contribution in [0.4, 0.5) is 0 Å². The van der Waals surface area contributed by atoms with E-state index in [1.54, 1.807) is 84.4 Å². The average Bonchev–Trinajstić information content (AvgIpc) is 3.98. The van der Waals surface area contributed by atoms with Crippen LogP contribution in [0.1, 0.15) is 33.4 Å². The summed E-state index contributed by atoms with van der Waals surface area (Å²) in [5, 5.41) is 0.645. The molecule has 2 heterocycles.